The molecule has 118 valence electrons. The zero-order valence-corrected chi connectivity index (χ0v) is 12.8. The Labute approximate surface area is 124 Å². The number of nitrogens with zero attached hydrogens (tertiary/aromatic N) is 1. The molecule has 2 atom stereocenters. The number of hydrogen-bond acceptors (Lipinski definition) is 6. The third-order valence-corrected chi connectivity index (χ3v) is 5.44. The Morgan fingerprint density at radius 3 is 2.81 bits per heavy atom. The fourth-order valence-electron chi connectivity index (χ4n) is 2.25. The Morgan fingerprint density at radius 2 is 2.24 bits per heavy atom. The molecule has 1 aliphatic heterocycles. The monoisotopic (exact) mass is 316 g/mol. The molecule has 2 rings (SSSR count). The molecule has 1 fully saturated rings. The third-order valence-electron chi connectivity index (χ3n) is 3.46. The van der Waals surface area contributed by atoms with Gasteiger partial charge in [-0.25, -0.2) is 8.42 Å². The molecule has 0 bridgehead atoms. The lowest BCUT2D eigenvalue weighted by Crippen LogP contribution is -2.51. The molecule has 0 aromatic heterocycles. The van der Waals surface area contributed by atoms with Crippen molar-refractivity contribution in [2.45, 2.75) is 24.0 Å². The van der Waals surface area contributed by atoms with Gasteiger partial charge in [0.05, 0.1) is 37.0 Å². The van der Waals surface area contributed by atoms with E-state index < -0.39 is 16.1 Å². The second-order valence-electron chi connectivity index (χ2n) is 4.97. The van der Waals surface area contributed by atoms with Crippen LogP contribution >= 0.6 is 0 Å². The van der Waals surface area contributed by atoms with E-state index in [0.29, 0.717) is 5.75 Å². The molecule has 0 aliphatic carbocycles. The zero-order valence-electron chi connectivity index (χ0n) is 12.0. The molecule has 1 aliphatic rings. The summed E-state index contributed by atoms with van der Waals surface area (Å²) in [7, 11) is -2.23. The van der Waals surface area contributed by atoms with Crippen molar-refractivity contribution >= 4 is 15.7 Å². The normalized spacial score (nSPS) is 24.0. The number of sulfonamides is 1. The van der Waals surface area contributed by atoms with E-state index in [1.807, 2.05) is 0 Å². The van der Waals surface area contributed by atoms with Crippen molar-refractivity contribution in [3.05, 3.63) is 18.2 Å². The molecule has 0 spiro atoms. The number of aliphatic hydroxyl groups excluding tert-OH is 1. The number of benzene rings is 1. The lowest BCUT2D eigenvalue weighted by molar-refractivity contribution is -0.0516. The number of hydrogen-bond donors (Lipinski definition) is 2. The molecule has 1 heterocycles. The average Bonchev–Trinajstić information content (AvgIpc) is 2.47. The van der Waals surface area contributed by atoms with Crippen LogP contribution in [-0.4, -0.2) is 56.8 Å². The minimum absolute atomic E-state index is 0.103. The second-order valence-corrected chi connectivity index (χ2v) is 6.86. The van der Waals surface area contributed by atoms with Gasteiger partial charge < -0.3 is 20.3 Å². The SMILES string of the molecule is COc1ccc(S(=O)(=O)N2CC(CO)OCC2C)cc1N. The van der Waals surface area contributed by atoms with Crippen molar-refractivity contribution in [3.63, 3.8) is 0 Å². The molecule has 21 heavy (non-hydrogen) atoms. The first-order valence-corrected chi connectivity index (χ1v) is 8.02. The van der Waals surface area contributed by atoms with Gasteiger partial charge in [0, 0.05) is 12.6 Å². The number of nitrogens with two attached hydrogens (primary N) is 1. The standard InChI is InChI=1S/C13H20N2O5S/c1-9-8-20-10(7-16)6-15(9)21(17,18)11-3-4-13(19-2)12(14)5-11/h3-5,9-10,16H,6-8,14H2,1-2H3. The van der Waals surface area contributed by atoms with Crippen LogP contribution < -0.4 is 10.5 Å². The van der Waals surface area contributed by atoms with Crippen LogP contribution in [0.15, 0.2) is 23.1 Å². The van der Waals surface area contributed by atoms with Gasteiger partial charge in [0.15, 0.2) is 0 Å². The van der Waals surface area contributed by atoms with Crippen LogP contribution in [0, 0.1) is 0 Å². The van der Waals surface area contributed by atoms with Crippen LogP contribution in [-0.2, 0) is 14.8 Å². The molecular formula is C13H20N2O5S. The molecule has 1 aromatic rings. The highest BCUT2D eigenvalue weighted by Gasteiger charge is 2.35. The topological polar surface area (TPSA) is 102 Å². The van der Waals surface area contributed by atoms with Crippen LogP contribution in [0.4, 0.5) is 5.69 Å². The highest BCUT2D eigenvalue weighted by atomic mass is 32.2. The molecule has 0 radical (unpaired) electrons. The minimum atomic E-state index is -3.70. The van der Waals surface area contributed by atoms with Crippen LogP contribution in [0.2, 0.25) is 0 Å². The number of rotatable bonds is 4. The van der Waals surface area contributed by atoms with Gasteiger partial charge in [-0.3, -0.25) is 0 Å². The number of morpholine rings is 1. The number of methoxy groups -OCH3 is 1. The Bertz CT molecular complexity index is 605. The van der Waals surface area contributed by atoms with Crippen LogP contribution in [0.5, 0.6) is 5.75 Å². The lowest BCUT2D eigenvalue weighted by Gasteiger charge is -2.36. The molecule has 1 aromatic carbocycles. The summed E-state index contributed by atoms with van der Waals surface area (Å²) < 4.78 is 37.1. The van der Waals surface area contributed by atoms with Gasteiger partial charge in [-0.05, 0) is 25.1 Å². The van der Waals surface area contributed by atoms with E-state index in [1.165, 1.54) is 29.6 Å². The first kappa shape index (κ1) is 16.0. The summed E-state index contributed by atoms with van der Waals surface area (Å²) in [6.07, 6.45) is -0.508. The fraction of sp³-hybridized carbons (Fsp3) is 0.538. The zero-order chi connectivity index (χ0) is 15.6. The summed E-state index contributed by atoms with van der Waals surface area (Å²) in [6, 6.07) is 4.06. The largest absolute Gasteiger partial charge is 0.495 e. The molecular weight excluding hydrogens is 296 g/mol. The second kappa shape index (κ2) is 6.18. The Morgan fingerprint density at radius 1 is 1.52 bits per heavy atom. The van der Waals surface area contributed by atoms with Crippen LogP contribution in [0.25, 0.3) is 0 Å². The van der Waals surface area contributed by atoms with Crippen molar-refractivity contribution in [1.82, 2.24) is 4.31 Å². The lowest BCUT2D eigenvalue weighted by atomic mass is 10.2. The third kappa shape index (κ3) is 3.13. The van der Waals surface area contributed by atoms with Crippen molar-refractivity contribution in [2.24, 2.45) is 0 Å². The Hall–Kier alpha value is -1.35. The van der Waals surface area contributed by atoms with Gasteiger partial charge in [-0.1, -0.05) is 0 Å². The number of aliphatic hydroxyl groups is 1. The van der Waals surface area contributed by atoms with Crippen molar-refractivity contribution in [3.8, 4) is 5.75 Å². The maximum absolute atomic E-state index is 12.7. The Balaban J connectivity index is 2.34. The van der Waals surface area contributed by atoms with Crippen molar-refractivity contribution in [1.29, 1.82) is 0 Å². The van der Waals surface area contributed by atoms with Crippen LogP contribution in [0.3, 0.4) is 0 Å². The van der Waals surface area contributed by atoms with Crippen molar-refractivity contribution < 1.29 is 23.0 Å². The molecule has 1 saturated heterocycles. The quantitative estimate of drug-likeness (QED) is 0.761. The van der Waals surface area contributed by atoms with E-state index in [9.17, 15) is 8.42 Å². The minimum Gasteiger partial charge on any atom is -0.495 e. The summed E-state index contributed by atoms with van der Waals surface area (Å²) >= 11 is 0. The van der Waals surface area contributed by atoms with Gasteiger partial charge in [0.1, 0.15) is 5.75 Å². The molecule has 3 N–H and O–H groups in total. The van der Waals surface area contributed by atoms with Crippen LogP contribution in [0.1, 0.15) is 6.92 Å². The first-order chi connectivity index (χ1) is 9.90. The molecule has 2 unspecified atom stereocenters. The van der Waals surface area contributed by atoms with Gasteiger partial charge in [-0.15, -0.1) is 0 Å². The van der Waals surface area contributed by atoms with Gasteiger partial charge in [0.2, 0.25) is 10.0 Å². The summed E-state index contributed by atoms with van der Waals surface area (Å²) in [6.45, 7) is 1.91. The number of anilines is 1. The van der Waals surface area contributed by atoms with Gasteiger partial charge >= 0.3 is 0 Å². The molecule has 0 amide bonds. The van der Waals surface area contributed by atoms with E-state index in [1.54, 1.807) is 6.92 Å². The van der Waals surface area contributed by atoms with E-state index in [2.05, 4.69) is 0 Å². The van der Waals surface area contributed by atoms with Gasteiger partial charge in [-0.2, -0.15) is 4.31 Å². The van der Waals surface area contributed by atoms with E-state index in [-0.39, 0.29) is 36.4 Å². The first-order valence-electron chi connectivity index (χ1n) is 6.58. The van der Waals surface area contributed by atoms with E-state index >= 15 is 0 Å². The summed E-state index contributed by atoms with van der Waals surface area (Å²) in [5.41, 5.74) is 6.04. The number of nitrogen functional groups attached to an aromatic ring is 1. The summed E-state index contributed by atoms with van der Waals surface area (Å²) in [5, 5.41) is 9.16. The number of ether oxygens (including phenoxy) is 2. The van der Waals surface area contributed by atoms with Crippen molar-refractivity contribution in [2.75, 3.05) is 32.6 Å². The molecule has 0 saturated carbocycles. The molecule has 8 heteroatoms. The smallest absolute Gasteiger partial charge is 0.243 e. The molecule has 7 nitrogen and oxygen atoms in total. The Kier molecular flexibility index (Phi) is 4.72. The predicted octanol–water partition coefficient (Wildman–Crippen LogP) is 0.0477. The maximum Gasteiger partial charge on any atom is 0.243 e. The van der Waals surface area contributed by atoms with E-state index in [0.717, 1.165) is 0 Å². The highest BCUT2D eigenvalue weighted by molar-refractivity contribution is 7.89. The highest BCUT2D eigenvalue weighted by Crippen LogP contribution is 2.28. The maximum atomic E-state index is 12.7. The average molecular weight is 316 g/mol. The van der Waals surface area contributed by atoms with E-state index in [4.69, 9.17) is 20.3 Å². The summed E-state index contributed by atoms with van der Waals surface area (Å²) in [5.74, 6) is 0.428. The fourth-order valence-corrected chi connectivity index (χ4v) is 3.93. The summed E-state index contributed by atoms with van der Waals surface area (Å²) in [4.78, 5) is 0.103. The van der Waals surface area contributed by atoms with Gasteiger partial charge in [0.25, 0.3) is 0 Å². The predicted molar refractivity (Wildman–Crippen MR) is 77.6 cm³/mol.